The van der Waals surface area contributed by atoms with Gasteiger partial charge in [-0.15, -0.1) is 0 Å². The van der Waals surface area contributed by atoms with E-state index < -0.39 is 47.9 Å². The van der Waals surface area contributed by atoms with Gasteiger partial charge in [-0.2, -0.15) is 0 Å². The molecule has 0 saturated heterocycles. The van der Waals surface area contributed by atoms with Gasteiger partial charge in [-0.05, 0) is 38.5 Å². The molecule has 1 aromatic heterocycles. The zero-order valence-corrected chi connectivity index (χ0v) is 25.3. The Kier molecular flexibility index (Phi) is 11.8. The predicted molar refractivity (Wildman–Crippen MR) is 154 cm³/mol. The number of aliphatic hydroxyl groups is 1. The molecule has 14 nitrogen and oxygen atoms in total. The molecule has 14 heteroatoms. The summed E-state index contributed by atoms with van der Waals surface area (Å²) >= 11 is 0. The fourth-order valence-corrected chi connectivity index (χ4v) is 4.64. The number of fused-ring (bicyclic) bond motifs is 2. The number of aliphatic hydroxyl groups excluding tert-OH is 1. The summed E-state index contributed by atoms with van der Waals surface area (Å²) in [7, 11) is 4.26. The van der Waals surface area contributed by atoms with Gasteiger partial charge in [0.2, 0.25) is 17.7 Å². The normalized spacial score (nSPS) is 20.8. The molecule has 2 heterocycles. The minimum Gasteiger partial charge on any atom is -0.496 e. The van der Waals surface area contributed by atoms with Crippen molar-refractivity contribution in [2.45, 2.75) is 70.7 Å². The van der Waals surface area contributed by atoms with Crippen LogP contribution in [0.25, 0.3) is 0 Å². The molecule has 0 fully saturated rings. The number of aromatic nitrogens is 1. The molecule has 2 aromatic rings. The maximum absolute atomic E-state index is 13.5. The van der Waals surface area contributed by atoms with Crippen molar-refractivity contribution in [2.24, 2.45) is 5.92 Å². The average molecular weight is 604 g/mol. The highest BCUT2D eigenvalue weighted by atomic mass is 16.5. The first-order chi connectivity index (χ1) is 20.5. The van der Waals surface area contributed by atoms with E-state index in [1.54, 1.807) is 0 Å². The van der Waals surface area contributed by atoms with E-state index in [1.165, 1.54) is 46.6 Å². The summed E-state index contributed by atoms with van der Waals surface area (Å²) in [6.07, 6.45) is 1.43. The van der Waals surface area contributed by atoms with Crippen LogP contribution < -0.4 is 35.5 Å². The molecule has 0 spiro atoms. The van der Waals surface area contributed by atoms with Crippen LogP contribution in [0.1, 0.15) is 79.2 Å². The molecule has 4 amide bonds. The summed E-state index contributed by atoms with van der Waals surface area (Å²) < 4.78 is 21.5. The average Bonchev–Trinajstić information content (AvgIpc) is 3.47. The van der Waals surface area contributed by atoms with Gasteiger partial charge in [0.25, 0.3) is 11.8 Å². The van der Waals surface area contributed by atoms with E-state index in [2.05, 4.69) is 26.3 Å². The minimum atomic E-state index is -1.36. The van der Waals surface area contributed by atoms with Gasteiger partial charge in [0.15, 0.2) is 17.2 Å². The van der Waals surface area contributed by atoms with E-state index in [9.17, 15) is 24.3 Å². The lowest BCUT2D eigenvalue weighted by molar-refractivity contribution is -0.133. The van der Waals surface area contributed by atoms with Crippen molar-refractivity contribution in [1.29, 1.82) is 0 Å². The Morgan fingerprint density at radius 1 is 1.02 bits per heavy atom. The number of methoxy groups -OCH3 is 3. The number of nitrogens with zero attached hydrogens (tertiary/aromatic N) is 1. The Morgan fingerprint density at radius 2 is 1.70 bits per heavy atom. The molecule has 1 aliphatic rings. The Hall–Kier alpha value is -4.33. The van der Waals surface area contributed by atoms with Gasteiger partial charge in [-0.3, -0.25) is 19.2 Å². The maximum Gasteiger partial charge on any atom is 0.273 e. The van der Waals surface area contributed by atoms with Crippen LogP contribution in [0.4, 0.5) is 0 Å². The summed E-state index contributed by atoms with van der Waals surface area (Å²) in [6, 6.07) is -0.255. The number of rotatable bonds is 8. The molecular weight excluding hydrogens is 562 g/mol. The number of ether oxygens (including phenoxy) is 3. The molecule has 1 aromatic carbocycles. The summed E-state index contributed by atoms with van der Waals surface area (Å²) in [5, 5.41) is 21.3. The molecule has 0 radical (unpaired) electrons. The smallest absolute Gasteiger partial charge is 0.273 e. The van der Waals surface area contributed by atoms with Gasteiger partial charge >= 0.3 is 0 Å². The molecule has 0 saturated carbocycles. The van der Waals surface area contributed by atoms with E-state index in [1.807, 2.05) is 13.8 Å². The third kappa shape index (κ3) is 8.60. The van der Waals surface area contributed by atoms with Crippen molar-refractivity contribution in [1.82, 2.24) is 26.3 Å². The van der Waals surface area contributed by atoms with Crippen LogP contribution in [0.15, 0.2) is 22.8 Å². The summed E-state index contributed by atoms with van der Waals surface area (Å²) in [4.78, 5) is 57.2. The number of amides is 4. The number of carbonyl (C=O) groups is 4. The SMILES string of the molecule is COc1cc(OC)c(C(=O)N[C@H]2CCCCNC(=O)c3coc(n3)[C@H](CC(C)C)NC(=O)[C@H]([C@@H](C)O)NC2=O)cc1OC. The highest BCUT2D eigenvalue weighted by molar-refractivity contribution is 6.01. The molecule has 0 unspecified atom stereocenters. The van der Waals surface area contributed by atoms with E-state index in [0.29, 0.717) is 25.0 Å². The van der Waals surface area contributed by atoms with Gasteiger partial charge in [0.1, 0.15) is 30.1 Å². The molecule has 1 aliphatic heterocycles. The van der Waals surface area contributed by atoms with Crippen molar-refractivity contribution in [3.05, 3.63) is 35.5 Å². The van der Waals surface area contributed by atoms with Gasteiger partial charge in [-0.1, -0.05) is 13.8 Å². The first kappa shape index (κ1) is 33.2. The quantitative estimate of drug-likeness (QED) is 0.295. The fourth-order valence-electron chi connectivity index (χ4n) is 4.64. The van der Waals surface area contributed by atoms with Crippen molar-refractivity contribution in [3.63, 3.8) is 0 Å². The second-order valence-corrected chi connectivity index (χ2v) is 10.7. The monoisotopic (exact) mass is 603 g/mol. The molecule has 2 bridgehead atoms. The fraction of sp³-hybridized carbons (Fsp3) is 0.552. The molecule has 4 atom stereocenters. The van der Waals surface area contributed by atoms with Crippen LogP contribution in [0, 0.1) is 5.92 Å². The number of benzene rings is 1. The first-order valence-electron chi connectivity index (χ1n) is 14.1. The van der Waals surface area contributed by atoms with Crippen molar-refractivity contribution < 1.29 is 42.9 Å². The van der Waals surface area contributed by atoms with Gasteiger partial charge < -0.3 is 45.0 Å². The lowest BCUT2D eigenvalue weighted by Gasteiger charge is -2.27. The van der Waals surface area contributed by atoms with Crippen LogP contribution >= 0.6 is 0 Å². The molecule has 3 rings (SSSR count). The third-order valence-corrected chi connectivity index (χ3v) is 6.92. The van der Waals surface area contributed by atoms with E-state index in [-0.39, 0.29) is 47.5 Å². The standard InChI is InChI=1S/C29H41N5O9/c1-15(2)11-19-29-33-20(14-43-29)26(37)30-10-8-7-9-18(27(38)34-24(16(3)35)28(39)32-19)31-25(36)17-12-22(41-5)23(42-6)13-21(17)40-4/h12-16,18-19,24,35H,7-11H2,1-6H3,(H,30,37)(H,31,36)(H,32,39)(H,34,38)/t16-,18+,19+,24+/m1/s1. The largest absolute Gasteiger partial charge is 0.496 e. The first-order valence-corrected chi connectivity index (χ1v) is 14.1. The Morgan fingerprint density at radius 3 is 2.33 bits per heavy atom. The second kappa shape index (κ2) is 15.2. The zero-order chi connectivity index (χ0) is 31.7. The van der Waals surface area contributed by atoms with Crippen LogP contribution in [-0.2, 0) is 9.59 Å². The lowest BCUT2D eigenvalue weighted by Crippen LogP contribution is -2.57. The maximum atomic E-state index is 13.5. The zero-order valence-electron chi connectivity index (χ0n) is 25.3. The Balaban J connectivity index is 1.91. The number of hydrogen-bond donors (Lipinski definition) is 5. The lowest BCUT2D eigenvalue weighted by atomic mass is 10.0. The van der Waals surface area contributed by atoms with Crippen LogP contribution in [0.2, 0.25) is 0 Å². The van der Waals surface area contributed by atoms with Crippen molar-refractivity contribution >= 4 is 23.6 Å². The second-order valence-electron chi connectivity index (χ2n) is 10.7. The highest BCUT2D eigenvalue weighted by Crippen LogP contribution is 2.34. The number of nitrogens with one attached hydrogen (secondary N) is 4. The van der Waals surface area contributed by atoms with Gasteiger partial charge in [0, 0.05) is 18.7 Å². The highest BCUT2D eigenvalue weighted by Gasteiger charge is 2.33. The number of oxazole rings is 1. The van der Waals surface area contributed by atoms with Crippen molar-refractivity contribution in [2.75, 3.05) is 27.9 Å². The predicted octanol–water partition coefficient (Wildman–Crippen LogP) is 1.48. The molecule has 43 heavy (non-hydrogen) atoms. The van der Waals surface area contributed by atoms with E-state index >= 15 is 0 Å². The molecule has 5 N–H and O–H groups in total. The molecule has 0 aliphatic carbocycles. The minimum absolute atomic E-state index is 0.0690. The molecule has 236 valence electrons. The summed E-state index contributed by atoms with van der Waals surface area (Å²) in [5.74, 6) is -1.37. The topological polar surface area (TPSA) is 190 Å². The van der Waals surface area contributed by atoms with E-state index in [4.69, 9.17) is 18.6 Å². The number of carbonyl (C=O) groups excluding carboxylic acids is 4. The van der Waals surface area contributed by atoms with Gasteiger partial charge in [0.05, 0.1) is 33.0 Å². The molecular formula is C29H41N5O9. The Labute approximate surface area is 250 Å². The van der Waals surface area contributed by atoms with Crippen LogP contribution in [-0.4, -0.2) is 79.8 Å². The summed E-state index contributed by atoms with van der Waals surface area (Å²) in [6.45, 7) is 5.54. The van der Waals surface area contributed by atoms with Crippen LogP contribution in [0.3, 0.4) is 0 Å². The summed E-state index contributed by atoms with van der Waals surface area (Å²) in [5.41, 5.74) is 0.165. The third-order valence-electron chi connectivity index (χ3n) is 6.92. The Bertz CT molecular complexity index is 1290. The van der Waals surface area contributed by atoms with Gasteiger partial charge in [-0.25, -0.2) is 4.98 Å². The van der Waals surface area contributed by atoms with E-state index in [0.717, 1.165) is 0 Å². The van der Waals surface area contributed by atoms with Crippen LogP contribution in [0.5, 0.6) is 17.2 Å². The van der Waals surface area contributed by atoms with Crippen molar-refractivity contribution in [3.8, 4) is 17.2 Å². The number of hydrogen-bond acceptors (Lipinski definition) is 10.